The van der Waals surface area contributed by atoms with Gasteiger partial charge in [0.15, 0.2) is 0 Å². The van der Waals surface area contributed by atoms with Gasteiger partial charge in [0.25, 0.3) is 0 Å². The number of nitrogens with one attached hydrogen (secondary N) is 1. The maximum atomic E-state index is 6.15. The second-order valence-electron chi connectivity index (χ2n) is 4.05. The van der Waals surface area contributed by atoms with E-state index in [4.69, 9.17) is 10.5 Å². The Bertz CT molecular complexity index is 304. The molecule has 1 fully saturated rings. The summed E-state index contributed by atoms with van der Waals surface area (Å²) in [6, 6.07) is 8.31. The smallest absolute Gasteiger partial charge is 0.0892 e. The number of hydrogen-bond acceptors (Lipinski definition) is 3. The molecule has 1 saturated heterocycles. The van der Waals surface area contributed by atoms with Crippen LogP contribution in [0.2, 0.25) is 0 Å². The van der Waals surface area contributed by atoms with E-state index in [1.165, 1.54) is 5.56 Å². The zero-order valence-electron chi connectivity index (χ0n) is 9.07. The summed E-state index contributed by atoms with van der Waals surface area (Å²) < 4.78 is 5.64. The molecule has 1 aromatic carbocycles. The molecule has 1 heterocycles. The quantitative estimate of drug-likeness (QED) is 0.758. The van der Waals surface area contributed by atoms with Crippen molar-refractivity contribution >= 4 is 0 Å². The number of aryl methyl sites for hydroxylation is 1. The molecule has 1 aromatic rings. The van der Waals surface area contributed by atoms with Crippen molar-refractivity contribution in [1.82, 2.24) is 5.32 Å². The molecule has 1 aliphatic heterocycles. The topological polar surface area (TPSA) is 47.3 Å². The zero-order valence-corrected chi connectivity index (χ0v) is 9.07. The highest BCUT2D eigenvalue weighted by Crippen LogP contribution is 2.18. The molecule has 0 saturated carbocycles. The van der Waals surface area contributed by atoms with Gasteiger partial charge in [-0.25, -0.2) is 0 Å². The monoisotopic (exact) mass is 206 g/mol. The lowest BCUT2D eigenvalue weighted by Crippen LogP contribution is -2.44. The van der Waals surface area contributed by atoms with Crippen molar-refractivity contribution in [1.29, 1.82) is 0 Å². The molecule has 0 bridgehead atoms. The fourth-order valence-electron chi connectivity index (χ4n) is 1.82. The molecule has 0 aliphatic carbocycles. The molecule has 3 N–H and O–H groups in total. The van der Waals surface area contributed by atoms with Crippen LogP contribution < -0.4 is 11.1 Å². The molecule has 2 rings (SSSR count). The first-order chi connectivity index (χ1) is 7.27. The number of ether oxygens (including phenoxy) is 1. The third kappa shape index (κ3) is 2.56. The number of rotatable bonds is 2. The Morgan fingerprint density at radius 1 is 1.40 bits per heavy atom. The fraction of sp³-hybridized carbons (Fsp3) is 0.500. The molecule has 82 valence electrons. The standard InChI is InChI=1S/C12H18N2O/c1-9-2-4-10(5-3-9)12(13)11-8-14-6-7-15-11/h2-5,11-12,14H,6-8,13H2,1H3. The predicted molar refractivity (Wildman–Crippen MR) is 60.7 cm³/mol. The summed E-state index contributed by atoms with van der Waals surface area (Å²) in [6.07, 6.45) is 0.0986. The minimum Gasteiger partial charge on any atom is -0.374 e. The SMILES string of the molecule is Cc1ccc(C(N)C2CNCCO2)cc1. The Labute approximate surface area is 90.6 Å². The van der Waals surface area contributed by atoms with Crippen molar-refractivity contribution in [3.8, 4) is 0 Å². The highest BCUT2D eigenvalue weighted by atomic mass is 16.5. The zero-order chi connectivity index (χ0) is 10.7. The summed E-state index contributed by atoms with van der Waals surface area (Å²) in [5.74, 6) is 0. The molecule has 1 aliphatic rings. The van der Waals surface area contributed by atoms with Crippen molar-refractivity contribution in [2.45, 2.75) is 19.1 Å². The van der Waals surface area contributed by atoms with Gasteiger partial charge in [-0.3, -0.25) is 0 Å². The van der Waals surface area contributed by atoms with E-state index in [-0.39, 0.29) is 12.1 Å². The molecular formula is C12H18N2O. The lowest BCUT2D eigenvalue weighted by atomic mass is 10.0. The average Bonchev–Trinajstić information content (AvgIpc) is 2.30. The lowest BCUT2D eigenvalue weighted by molar-refractivity contribution is 0.0122. The van der Waals surface area contributed by atoms with E-state index in [1.54, 1.807) is 0 Å². The van der Waals surface area contributed by atoms with E-state index in [0.29, 0.717) is 0 Å². The second-order valence-corrected chi connectivity index (χ2v) is 4.05. The Hall–Kier alpha value is -0.900. The van der Waals surface area contributed by atoms with Crippen LogP contribution >= 0.6 is 0 Å². The van der Waals surface area contributed by atoms with Gasteiger partial charge in [0.05, 0.1) is 18.8 Å². The first-order valence-electron chi connectivity index (χ1n) is 5.42. The van der Waals surface area contributed by atoms with E-state index in [0.717, 1.165) is 25.3 Å². The number of hydrogen-bond donors (Lipinski definition) is 2. The van der Waals surface area contributed by atoms with Crippen LogP contribution in [0.4, 0.5) is 0 Å². The fourth-order valence-corrected chi connectivity index (χ4v) is 1.82. The second kappa shape index (κ2) is 4.75. The van der Waals surface area contributed by atoms with E-state index in [2.05, 4.69) is 36.5 Å². The molecular weight excluding hydrogens is 188 g/mol. The number of benzene rings is 1. The molecule has 15 heavy (non-hydrogen) atoms. The summed E-state index contributed by atoms with van der Waals surface area (Å²) in [6.45, 7) is 4.60. The molecule has 0 spiro atoms. The van der Waals surface area contributed by atoms with E-state index < -0.39 is 0 Å². The summed E-state index contributed by atoms with van der Waals surface area (Å²) >= 11 is 0. The van der Waals surface area contributed by atoms with Gasteiger partial charge >= 0.3 is 0 Å². The van der Waals surface area contributed by atoms with E-state index in [1.807, 2.05) is 0 Å². The maximum Gasteiger partial charge on any atom is 0.0892 e. The average molecular weight is 206 g/mol. The molecule has 2 atom stereocenters. The minimum atomic E-state index is -0.0293. The first-order valence-corrected chi connectivity index (χ1v) is 5.42. The summed E-state index contributed by atoms with van der Waals surface area (Å²) in [5.41, 5.74) is 8.56. The van der Waals surface area contributed by atoms with Crippen LogP contribution in [0.1, 0.15) is 17.2 Å². The van der Waals surface area contributed by atoms with Crippen molar-refractivity contribution in [2.75, 3.05) is 19.7 Å². The van der Waals surface area contributed by atoms with Gasteiger partial charge in [0.2, 0.25) is 0 Å². The Morgan fingerprint density at radius 3 is 2.73 bits per heavy atom. The predicted octanol–water partition coefficient (Wildman–Crippen LogP) is 0.983. The van der Waals surface area contributed by atoms with Gasteiger partial charge < -0.3 is 15.8 Å². The van der Waals surface area contributed by atoms with Crippen LogP contribution in [0, 0.1) is 6.92 Å². The Kier molecular flexibility index (Phi) is 3.36. The van der Waals surface area contributed by atoms with Gasteiger partial charge in [0, 0.05) is 13.1 Å². The van der Waals surface area contributed by atoms with E-state index in [9.17, 15) is 0 Å². The van der Waals surface area contributed by atoms with Crippen LogP contribution in [0.15, 0.2) is 24.3 Å². The highest BCUT2D eigenvalue weighted by molar-refractivity contribution is 5.24. The van der Waals surface area contributed by atoms with Gasteiger partial charge in [-0.15, -0.1) is 0 Å². The molecule has 3 nitrogen and oxygen atoms in total. The maximum absolute atomic E-state index is 6.15. The van der Waals surface area contributed by atoms with Crippen LogP contribution in [-0.2, 0) is 4.74 Å². The van der Waals surface area contributed by atoms with Crippen molar-refractivity contribution in [3.05, 3.63) is 35.4 Å². The summed E-state index contributed by atoms with van der Waals surface area (Å²) in [4.78, 5) is 0. The summed E-state index contributed by atoms with van der Waals surface area (Å²) in [7, 11) is 0. The third-order valence-corrected chi connectivity index (χ3v) is 2.82. The van der Waals surface area contributed by atoms with Crippen LogP contribution in [0.3, 0.4) is 0 Å². The van der Waals surface area contributed by atoms with Crippen molar-refractivity contribution < 1.29 is 4.74 Å². The number of nitrogens with two attached hydrogens (primary N) is 1. The largest absolute Gasteiger partial charge is 0.374 e. The van der Waals surface area contributed by atoms with Gasteiger partial charge in [-0.1, -0.05) is 29.8 Å². The van der Waals surface area contributed by atoms with Crippen molar-refractivity contribution in [3.63, 3.8) is 0 Å². The van der Waals surface area contributed by atoms with Gasteiger partial charge in [-0.05, 0) is 12.5 Å². The third-order valence-electron chi connectivity index (χ3n) is 2.82. The Morgan fingerprint density at radius 2 is 2.13 bits per heavy atom. The first kappa shape index (κ1) is 10.6. The molecule has 0 radical (unpaired) electrons. The Balaban J connectivity index is 2.05. The van der Waals surface area contributed by atoms with Crippen LogP contribution in [0.5, 0.6) is 0 Å². The van der Waals surface area contributed by atoms with Crippen molar-refractivity contribution in [2.24, 2.45) is 5.73 Å². The molecule has 0 aromatic heterocycles. The minimum absolute atomic E-state index is 0.0293. The summed E-state index contributed by atoms with van der Waals surface area (Å²) in [5, 5.41) is 3.29. The van der Waals surface area contributed by atoms with Gasteiger partial charge in [-0.2, -0.15) is 0 Å². The van der Waals surface area contributed by atoms with E-state index >= 15 is 0 Å². The lowest BCUT2D eigenvalue weighted by Gasteiger charge is -2.28. The van der Waals surface area contributed by atoms with Crippen LogP contribution in [0.25, 0.3) is 0 Å². The normalized spacial score (nSPS) is 23.7. The molecule has 3 heteroatoms. The highest BCUT2D eigenvalue weighted by Gasteiger charge is 2.22. The van der Waals surface area contributed by atoms with Crippen LogP contribution in [-0.4, -0.2) is 25.8 Å². The molecule has 0 amide bonds. The van der Waals surface area contributed by atoms with Gasteiger partial charge in [0.1, 0.15) is 0 Å². The number of morpholine rings is 1. The molecule has 2 unspecified atom stereocenters.